The summed E-state index contributed by atoms with van der Waals surface area (Å²) in [4.78, 5) is 7.90. The van der Waals surface area contributed by atoms with Crippen LogP contribution in [-0.2, 0) is 10.3 Å². The Morgan fingerprint density at radius 1 is 1.32 bits per heavy atom. The highest BCUT2D eigenvalue weighted by Gasteiger charge is 2.39. The van der Waals surface area contributed by atoms with Gasteiger partial charge in [0.1, 0.15) is 23.0 Å². The van der Waals surface area contributed by atoms with E-state index in [1.807, 2.05) is 0 Å². The standard InChI is InChI=1S/C19H18ClF5N4OS/c1-10(19(23,24)25)30-17(26)29-18(2,9-21)13-7-12(4-5-14(13)22)28-16(31)15-6-3-11(20)8-27-15/h3-8,10H,9H2,1-2H3,(H2,26,29)(H,28,31)/t10-,18?/m0/s1. The monoisotopic (exact) mass is 480 g/mol. The maximum absolute atomic E-state index is 14.5. The first-order valence-electron chi connectivity index (χ1n) is 8.73. The summed E-state index contributed by atoms with van der Waals surface area (Å²) in [5.74, 6) is -0.846. The van der Waals surface area contributed by atoms with Crippen LogP contribution in [0, 0.1) is 5.82 Å². The molecular formula is C19H18ClF5N4OS. The molecule has 168 valence electrons. The molecule has 1 aromatic carbocycles. The minimum Gasteiger partial charge on any atom is -0.453 e. The van der Waals surface area contributed by atoms with Crippen LogP contribution in [0.3, 0.4) is 0 Å². The van der Waals surface area contributed by atoms with Crippen molar-refractivity contribution >= 4 is 40.5 Å². The first kappa shape index (κ1) is 24.7. The summed E-state index contributed by atoms with van der Waals surface area (Å²) in [5.41, 5.74) is 3.86. The molecule has 0 aliphatic heterocycles. The lowest BCUT2D eigenvalue weighted by Gasteiger charge is -2.25. The quantitative estimate of drug-likeness (QED) is 0.259. The maximum atomic E-state index is 14.5. The van der Waals surface area contributed by atoms with Gasteiger partial charge in [-0.25, -0.2) is 13.8 Å². The SMILES string of the molecule is C[C@H](O/C(N)=N\C(C)(CF)c1cc(NC(=S)c2ccc(Cl)cn2)ccc1F)C(F)(F)F. The molecule has 0 fully saturated rings. The van der Waals surface area contributed by atoms with E-state index >= 15 is 0 Å². The van der Waals surface area contributed by atoms with E-state index in [1.54, 1.807) is 12.1 Å². The van der Waals surface area contributed by atoms with Gasteiger partial charge in [0, 0.05) is 17.4 Å². The van der Waals surface area contributed by atoms with Gasteiger partial charge in [-0.15, -0.1) is 0 Å². The third kappa shape index (κ3) is 6.47. The smallest absolute Gasteiger partial charge is 0.425 e. The lowest BCUT2D eigenvalue weighted by molar-refractivity contribution is -0.193. The van der Waals surface area contributed by atoms with Gasteiger partial charge in [0.25, 0.3) is 6.02 Å². The van der Waals surface area contributed by atoms with E-state index in [9.17, 15) is 22.0 Å². The van der Waals surface area contributed by atoms with Crippen molar-refractivity contribution in [3.05, 3.63) is 58.6 Å². The fourth-order valence-electron chi connectivity index (χ4n) is 2.40. The molecule has 0 spiro atoms. The third-order valence-corrected chi connectivity index (χ3v) is 4.67. The van der Waals surface area contributed by atoms with E-state index in [1.165, 1.54) is 25.3 Å². The number of aliphatic imine (C=N–C) groups is 1. The molecule has 2 atom stereocenters. The number of ether oxygens (including phenoxy) is 1. The van der Waals surface area contributed by atoms with E-state index in [4.69, 9.17) is 29.6 Å². The first-order chi connectivity index (χ1) is 14.4. The van der Waals surface area contributed by atoms with Gasteiger partial charge in [-0.1, -0.05) is 23.8 Å². The molecule has 1 aromatic heterocycles. The molecule has 1 heterocycles. The summed E-state index contributed by atoms with van der Waals surface area (Å²) in [7, 11) is 0. The number of pyridine rings is 1. The number of alkyl halides is 4. The Kier molecular flexibility index (Phi) is 7.77. The zero-order valence-electron chi connectivity index (χ0n) is 16.3. The van der Waals surface area contributed by atoms with Crippen molar-refractivity contribution in [2.24, 2.45) is 10.7 Å². The van der Waals surface area contributed by atoms with Crippen molar-refractivity contribution < 1.29 is 26.7 Å². The van der Waals surface area contributed by atoms with Crippen LogP contribution < -0.4 is 11.1 Å². The highest BCUT2D eigenvalue weighted by atomic mass is 35.5. The molecule has 0 saturated carbocycles. The molecule has 2 aromatic rings. The molecule has 0 amide bonds. The van der Waals surface area contributed by atoms with Crippen molar-refractivity contribution in [1.29, 1.82) is 0 Å². The van der Waals surface area contributed by atoms with Crippen LogP contribution in [-0.4, -0.2) is 34.9 Å². The number of aromatic nitrogens is 1. The molecule has 0 aliphatic carbocycles. The Hall–Kier alpha value is -2.53. The van der Waals surface area contributed by atoms with Crippen molar-refractivity contribution in [2.75, 3.05) is 12.0 Å². The summed E-state index contributed by atoms with van der Waals surface area (Å²) in [6.45, 7) is 0.621. The number of rotatable bonds is 6. The Labute approximate surface area is 185 Å². The fourth-order valence-corrected chi connectivity index (χ4v) is 2.75. The van der Waals surface area contributed by atoms with Crippen molar-refractivity contribution in [1.82, 2.24) is 4.98 Å². The van der Waals surface area contributed by atoms with Gasteiger partial charge in [0.2, 0.25) is 0 Å². The van der Waals surface area contributed by atoms with Crippen LogP contribution >= 0.6 is 23.8 Å². The Morgan fingerprint density at radius 2 is 2.00 bits per heavy atom. The topological polar surface area (TPSA) is 72.5 Å². The second-order valence-corrected chi connectivity index (χ2v) is 7.51. The molecule has 31 heavy (non-hydrogen) atoms. The summed E-state index contributed by atoms with van der Waals surface area (Å²) in [6, 6.07) is 5.82. The molecule has 0 bridgehead atoms. The van der Waals surface area contributed by atoms with Crippen LogP contribution in [0.2, 0.25) is 5.02 Å². The van der Waals surface area contributed by atoms with Crippen LogP contribution in [0.5, 0.6) is 0 Å². The Balaban J connectivity index is 2.31. The second-order valence-electron chi connectivity index (χ2n) is 6.67. The molecule has 0 saturated heterocycles. The van der Waals surface area contributed by atoms with E-state index in [0.717, 1.165) is 6.07 Å². The van der Waals surface area contributed by atoms with Gasteiger partial charge < -0.3 is 15.8 Å². The summed E-state index contributed by atoms with van der Waals surface area (Å²) < 4.78 is 70.8. The minimum atomic E-state index is -4.70. The van der Waals surface area contributed by atoms with Gasteiger partial charge in [0.05, 0.1) is 10.7 Å². The van der Waals surface area contributed by atoms with Crippen molar-refractivity contribution in [2.45, 2.75) is 31.7 Å². The van der Waals surface area contributed by atoms with E-state index in [0.29, 0.717) is 17.6 Å². The highest BCUT2D eigenvalue weighted by molar-refractivity contribution is 7.81. The molecule has 2 rings (SSSR count). The number of hydrogen-bond donors (Lipinski definition) is 2. The minimum absolute atomic E-state index is 0.182. The number of nitrogens with two attached hydrogens (primary N) is 1. The fraction of sp³-hybridized carbons (Fsp3) is 0.316. The van der Waals surface area contributed by atoms with Crippen molar-refractivity contribution in [3.8, 4) is 0 Å². The van der Waals surface area contributed by atoms with Crippen LogP contribution in [0.4, 0.5) is 27.6 Å². The molecule has 3 N–H and O–H groups in total. The van der Waals surface area contributed by atoms with Crippen molar-refractivity contribution in [3.63, 3.8) is 0 Å². The van der Waals surface area contributed by atoms with Crippen LogP contribution in [0.15, 0.2) is 41.5 Å². The van der Waals surface area contributed by atoms with E-state index in [2.05, 4.69) is 20.0 Å². The van der Waals surface area contributed by atoms with Gasteiger partial charge >= 0.3 is 6.18 Å². The van der Waals surface area contributed by atoms with Crippen LogP contribution in [0.1, 0.15) is 25.1 Å². The Bertz CT molecular complexity index is 971. The maximum Gasteiger partial charge on any atom is 0.425 e. The number of nitrogens with one attached hydrogen (secondary N) is 1. The average molecular weight is 481 g/mol. The van der Waals surface area contributed by atoms with Gasteiger partial charge in [0.15, 0.2) is 6.10 Å². The zero-order valence-corrected chi connectivity index (χ0v) is 17.9. The number of halogens is 6. The third-order valence-electron chi connectivity index (χ3n) is 4.14. The summed E-state index contributed by atoms with van der Waals surface area (Å²) in [5, 5.41) is 3.23. The van der Waals surface area contributed by atoms with Gasteiger partial charge in [-0.05, 0) is 44.2 Å². The first-order valence-corrected chi connectivity index (χ1v) is 9.52. The van der Waals surface area contributed by atoms with Gasteiger partial charge in [-0.3, -0.25) is 4.98 Å². The zero-order chi connectivity index (χ0) is 23.4. The summed E-state index contributed by atoms with van der Waals surface area (Å²) >= 11 is 11.0. The average Bonchev–Trinajstić information content (AvgIpc) is 2.68. The largest absolute Gasteiger partial charge is 0.453 e. The highest BCUT2D eigenvalue weighted by Crippen LogP contribution is 2.31. The van der Waals surface area contributed by atoms with E-state index < -0.39 is 36.3 Å². The van der Waals surface area contributed by atoms with E-state index in [-0.39, 0.29) is 16.2 Å². The number of anilines is 1. The molecule has 5 nitrogen and oxygen atoms in total. The predicted octanol–water partition coefficient (Wildman–Crippen LogP) is 5.13. The number of amidine groups is 1. The van der Waals surface area contributed by atoms with Crippen LogP contribution in [0.25, 0.3) is 0 Å². The number of benzene rings is 1. The predicted molar refractivity (Wildman–Crippen MR) is 113 cm³/mol. The number of hydrogen-bond acceptors (Lipinski definition) is 4. The lowest BCUT2D eigenvalue weighted by Crippen LogP contribution is -2.36. The van der Waals surface area contributed by atoms with Gasteiger partial charge in [-0.2, -0.15) is 13.2 Å². The molecule has 0 radical (unpaired) electrons. The number of thiocarbonyl (C=S) groups is 1. The lowest BCUT2D eigenvalue weighted by atomic mass is 9.93. The molecule has 0 aliphatic rings. The second kappa shape index (κ2) is 9.73. The molecule has 1 unspecified atom stereocenters. The normalized spacial score (nSPS) is 15.2. The molecule has 12 heteroatoms. The summed E-state index contributed by atoms with van der Waals surface area (Å²) in [6.07, 6.45) is -5.59. The Morgan fingerprint density at radius 3 is 2.55 bits per heavy atom. The molecular weight excluding hydrogens is 463 g/mol. The number of nitrogens with zero attached hydrogens (tertiary/aromatic N) is 2.